The first-order valence-corrected chi connectivity index (χ1v) is 10.3. The molecule has 6 heteroatoms. The lowest BCUT2D eigenvalue weighted by Gasteiger charge is -2.26. The second-order valence-electron chi connectivity index (χ2n) is 6.28. The predicted octanol–water partition coefficient (Wildman–Crippen LogP) is 5.42. The van der Waals surface area contributed by atoms with E-state index in [1.165, 1.54) is 12.1 Å². The standard InChI is InChI=1S/C21H16BrFN2OS/c22-16-6-4-15(5-7-16)18-8-9-24-11-19(18)21-25(20(26)13-27-21)12-14-2-1-3-17(23)10-14/h1-11,21H,12-13H2. The number of halogens is 2. The summed E-state index contributed by atoms with van der Waals surface area (Å²) in [7, 11) is 0. The lowest BCUT2D eigenvalue weighted by atomic mass is 10.0. The molecule has 4 rings (SSSR count). The fourth-order valence-corrected chi connectivity index (χ4v) is 4.68. The molecule has 1 atom stereocenters. The van der Waals surface area contributed by atoms with Gasteiger partial charge in [0, 0.05) is 29.0 Å². The van der Waals surface area contributed by atoms with Crippen molar-refractivity contribution in [3.8, 4) is 11.1 Å². The first kappa shape index (κ1) is 18.2. The largest absolute Gasteiger partial charge is 0.321 e. The van der Waals surface area contributed by atoms with Crippen LogP contribution in [0.3, 0.4) is 0 Å². The van der Waals surface area contributed by atoms with E-state index < -0.39 is 0 Å². The van der Waals surface area contributed by atoms with E-state index in [1.54, 1.807) is 28.9 Å². The molecule has 1 fully saturated rings. The van der Waals surface area contributed by atoms with Crippen LogP contribution in [0.2, 0.25) is 0 Å². The molecule has 0 bridgehead atoms. The molecular formula is C21H16BrFN2OS. The van der Waals surface area contributed by atoms with Gasteiger partial charge in [-0.2, -0.15) is 0 Å². The molecule has 0 aliphatic carbocycles. The van der Waals surface area contributed by atoms with Crippen molar-refractivity contribution in [3.63, 3.8) is 0 Å². The minimum Gasteiger partial charge on any atom is -0.321 e. The summed E-state index contributed by atoms with van der Waals surface area (Å²) in [5, 5.41) is -0.145. The molecule has 2 heterocycles. The van der Waals surface area contributed by atoms with Crippen molar-refractivity contribution < 1.29 is 9.18 Å². The molecule has 1 unspecified atom stereocenters. The highest BCUT2D eigenvalue weighted by molar-refractivity contribution is 9.10. The Hall–Kier alpha value is -2.18. The van der Waals surface area contributed by atoms with E-state index in [4.69, 9.17) is 0 Å². The number of aromatic nitrogens is 1. The number of nitrogens with zero attached hydrogens (tertiary/aromatic N) is 2. The normalized spacial score (nSPS) is 16.7. The SMILES string of the molecule is O=C1CSC(c2cnccc2-c2ccc(Br)cc2)N1Cc1cccc(F)c1. The maximum atomic E-state index is 13.6. The highest BCUT2D eigenvalue weighted by atomic mass is 79.9. The quantitative estimate of drug-likeness (QED) is 0.540. The highest BCUT2D eigenvalue weighted by Crippen LogP contribution is 2.43. The fourth-order valence-electron chi connectivity index (χ4n) is 3.21. The molecule has 0 radical (unpaired) electrons. The van der Waals surface area contributed by atoms with E-state index in [0.717, 1.165) is 26.7 Å². The molecular weight excluding hydrogens is 427 g/mol. The zero-order valence-corrected chi connectivity index (χ0v) is 16.7. The lowest BCUT2D eigenvalue weighted by Crippen LogP contribution is -2.28. The monoisotopic (exact) mass is 442 g/mol. The summed E-state index contributed by atoms with van der Waals surface area (Å²) >= 11 is 5.04. The minimum absolute atomic E-state index is 0.0554. The van der Waals surface area contributed by atoms with Gasteiger partial charge in [-0.1, -0.05) is 40.2 Å². The summed E-state index contributed by atoms with van der Waals surface area (Å²) in [5.74, 6) is 0.175. The minimum atomic E-state index is -0.291. The van der Waals surface area contributed by atoms with Crippen LogP contribution in [0.5, 0.6) is 0 Å². The molecule has 0 spiro atoms. The predicted molar refractivity (Wildman–Crippen MR) is 110 cm³/mol. The Balaban J connectivity index is 1.69. The molecule has 1 aliphatic heterocycles. The van der Waals surface area contributed by atoms with Gasteiger partial charge in [0.25, 0.3) is 0 Å². The third kappa shape index (κ3) is 3.92. The Morgan fingerprint density at radius 2 is 2.00 bits per heavy atom. The molecule has 3 aromatic rings. The van der Waals surface area contributed by atoms with Crippen molar-refractivity contribution in [2.45, 2.75) is 11.9 Å². The number of amides is 1. The number of carbonyl (C=O) groups excluding carboxylic acids is 1. The van der Waals surface area contributed by atoms with Crippen LogP contribution in [0.4, 0.5) is 4.39 Å². The van der Waals surface area contributed by atoms with Crippen LogP contribution >= 0.6 is 27.7 Å². The Morgan fingerprint density at radius 1 is 1.19 bits per heavy atom. The summed E-state index contributed by atoms with van der Waals surface area (Å²) < 4.78 is 14.6. The summed E-state index contributed by atoms with van der Waals surface area (Å²) in [6.45, 7) is 0.378. The van der Waals surface area contributed by atoms with Gasteiger partial charge < -0.3 is 4.90 Å². The maximum Gasteiger partial charge on any atom is 0.234 e. The van der Waals surface area contributed by atoms with Crippen molar-refractivity contribution in [2.24, 2.45) is 0 Å². The van der Waals surface area contributed by atoms with Gasteiger partial charge in [-0.3, -0.25) is 9.78 Å². The van der Waals surface area contributed by atoms with Crippen LogP contribution in [0.1, 0.15) is 16.5 Å². The van der Waals surface area contributed by atoms with Gasteiger partial charge in [0.1, 0.15) is 11.2 Å². The zero-order chi connectivity index (χ0) is 18.8. The zero-order valence-electron chi connectivity index (χ0n) is 14.3. The van der Waals surface area contributed by atoms with Crippen LogP contribution in [-0.2, 0) is 11.3 Å². The second-order valence-corrected chi connectivity index (χ2v) is 8.27. The van der Waals surface area contributed by atoms with Crippen LogP contribution in [-0.4, -0.2) is 21.5 Å². The third-order valence-electron chi connectivity index (χ3n) is 4.48. The average molecular weight is 443 g/mol. The molecule has 27 heavy (non-hydrogen) atoms. The molecule has 1 saturated heterocycles. The Kier molecular flexibility index (Phi) is 5.27. The average Bonchev–Trinajstić information content (AvgIpc) is 3.03. The van der Waals surface area contributed by atoms with Gasteiger partial charge in [-0.25, -0.2) is 4.39 Å². The molecule has 1 aromatic heterocycles. The van der Waals surface area contributed by atoms with E-state index in [2.05, 4.69) is 20.9 Å². The lowest BCUT2D eigenvalue weighted by molar-refractivity contribution is -0.128. The van der Waals surface area contributed by atoms with Crippen LogP contribution in [0.25, 0.3) is 11.1 Å². The molecule has 0 saturated carbocycles. The van der Waals surface area contributed by atoms with Crippen molar-refractivity contribution in [2.75, 3.05) is 5.75 Å². The van der Waals surface area contributed by atoms with Gasteiger partial charge in [0.2, 0.25) is 5.91 Å². The first-order chi connectivity index (χ1) is 13.1. The van der Waals surface area contributed by atoms with Gasteiger partial charge in [-0.15, -0.1) is 11.8 Å². The first-order valence-electron chi connectivity index (χ1n) is 8.47. The van der Waals surface area contributed by atoms with Gasteiger partial charge in [0.05, 0.1) is 5.75 Å². The number of pyridine rings is 1. The Bertz CT molecular complexity index is 980. The van der Waals surface area contributed by atoms with E-state index in [-0.39, 0.29) is 17.1 Å². The Labute approximate surface area is 169 Å². The van der Waals surface area contributed by atoms with Crippen molar-refractivity contribution in [1.82, 2.24) is 9.88 Å². The van der Waals surface area contributed by atoms with E-state index in [9.17, 15) is 9.18 Å². The van der Waals surface area contributed by atoms with Crippen molar-refractivity contribution >= 4 is 33.6 Å². The molecule has 136 valence electrons. The summed E-state index contributed by atoms with van der Waals surface area (Å²) in [4.78, 5) is 18.6. The van der Waals surface area contributed by atoms with Gasteiger partial charge in [-0.05, 0) is 47.0 Å². The molecule has 2 aromatic carbocycles. The summed E-state index contributed by atoms with van der Waals surface area (Å²) in [5.41, 5.74) is 3.90. The third-order valence-corrected chi connectivity index (χ3v) is 6.25. The van der Waals surface area contributed by atoms with E-state index in [0.29, 0.717) is 12.3 Å². The van der Waals surface area contributed by atoms with Crippen molar-refractivity contribution in [3.05, 3.63) is 88.4 Å². The summed E-state index contributed by atoms with van der Waals surface area (Å²) in [6.07, 6.45) is 3.59. The number of thioether (sulfide) groups is 1. The molecule has 3 nitrogen and oxygen atoms in total. The summed E-state index contributed by atoms with van der Waals surface area (Å²) in [6, 6.07) is 16.5. The van der Waals surface area contributed by atoms with Crippen molar-refractivity contribution in [1.29, 1.82) is 0 Å². The number of rotatable bonds is 4. The van der Waals surface area contributed by atoms with Gasteiger partial charge in [0.15, 0.2) is 0 Å². The van der Waals surface area contributed by atoms with Crippen LogP contribution in [0, 0.1) is 5.82 Å². The van der Waals surface area contributed by atoms with Gasteiger partial charge >= 0.3 is 0 Å². The topological polar surface area (TPSA) is 33.2 Å². The van der Waals surface area contributed by atoms with E-state index in [1.807, 2.05) is 42.6 Å². The number of benzene rings is 2. The maximum absolute atomic E-state index is 13.6. The van der Waals surface area contributed by atoms with Crippen LogP contribution < -0.4 is 0 Å². The molecule has 0 N–H and O–H groups in total. The smallest absolute Gasteiger partial charge is 0.234 e. The highest BCUT2D eigenvalue weighted by Gasteiger charge is 2.34. The fraction of sp³-hybridized carbons (Fsp3) is 0.143. The molecule has 1 amide bonds. The van der Waals surface area contributed by atoms with Crippen LogP contribution in [0.15, 0.2) is 71.5 Å². The Morgan fingerprint density at radius 3 is 2.78 bits per heavy atom. The molecule has 1 aliphatic rings. The number of carbonyl (C=O) groups is 1. The number of hydrogen-bond donors (Lipinski definition) is 0. The number of hydrogen-bond acceptors (Lipinski definition) is 3. The van der Waals surface area contributed by atoms with E-state index >= 15 is 0 Å². The second kappa shape index (κ2) is 7.82.